The largest absolute Gasteiger partial charge is 0.315 e. The second-order valence-electron chi connectivity index (χ2n) is 6.56. The minimum absolute atomic E-state index is 0.405. The van der Waals surface area contributed by atoms with Crippen LogP contribution in [0.15, 0.2) is 12.4 Å². The second-order valence-corrected chi connectivity index (χ2v) is 6.56. The molecule has 0 radical (unpaired) electrons. The summed E-state index contributed by atoms with van der Waals surface area (Å²) in [5.41, 5.74) is 1.23. The Hall–Kier alpha value is -1.04. The normalized spacial score (nSPS) is 24.8. The molecule has 0 saturated carbocycles. The summed E-state index contributed by atoms with van der Waals surface area (Å²) in [6.07, 6.45) is 5.30. The van der Waals surface area contributed by atoms with E-state index in [-0.39, 0.29) is 0 Å². The number of hydrogen-bond acceptors (Lipinski definition) is 5. The highest BCUT2D eigenvalue weighted by Gasteiger charge is 2.25. The third-order valence-electron chi connectivity index (χ3n) is 4.61. The molecule has 0 aliphatic carbocycles. The van der Waals surface area contributed by atoms with Gasteiger partial charge in [-0.15, -0.1) is 0 Å². The van der Waals surface area contributed by atoms with Gasteiger partial charge < -0.3 is 5.32 Å². The van der Waals surface area contributed by atoms with Crippen LogP contribution in [0.25, 0.3) is 0 Å². The van der Waals surface area contributed by atoms with Gasteiger partial charge in [0, 0.05) is 69.2 Å². The van der Waals surface area contributed by atoms with E-state index in [4.69, 9.17) is 0 Å². The number of nitrogens with zero attached hydrogens (tertiary/aromatic N) is 4. The molecular formula is C16H27N5. The lowest BCUT2D eigenvalue weighted by atomic mass is 10.1. The van der Waals surface area contributed by atoms with E-state index >= 15 is 0 Å². The zero-order valence-corrected chi connectivity index (χ0v) is 13.3. The summed E-state index contributed by atoms with van der Waals surface area (Å²) in [5.74, 6) is 1.35. The summed E-state index contributed by atoms with van der Waals surface area (Å²) in [6, 6.07) is 0.765. The van der Waals surface area contributed by atoms with E-state index in [0.29, 0.717) is 5.92 Å². The molecular weight excluding hydrogens is 262 g/mol. The van der Waals surface area contributed by atoms with Gasteiger partial charge in [0.25, 0.3) is 0 Å². The molecule has 5 nitrogen and oxygen atoms in total. The maximum absolute atomic E-state index is 4.47. The monoisotopic (exact) mass is 289 g/mol. The summed E-state index contributed by atoms with van der Waals surface area (Å²) in [6.45, 7) is 12.3. The van der Waals surface area contributed by atoms with Gasteiger partial charge in [-0.25, -0.2) is 9.97 Å². The number of nitrogens with one attached hydrogen (secondary N) is 1. The van der Waals surface area contributed by atoms with Gasteiger partial charge in [0.05, 0.1) is 0 Å². The predicted molar refractivity (Wildman–Crippen MR) is 84.2 cm³/mol. The highest BCUT2D eigenvalue weighted by molar-refractivity contribution is 5.07. The van der Waals surface area contributed by atoms with Crippen LogP contribution in [-0.2, 0) is 6.54 Å². The zero-order valence-electron chi connectivity index (χ0n) is 13.3. The Morgan fingerprint density at radius 3 is 2.48 bits per heavy atom. The third-order valence-corrected chi connectivity index (χ3v) is 4.61. The van der Waals surface area contributed by atoms with Crippen LogP contribution in [0, 0.1) is 0 Å². The Morgan fingerprint density at radius 1 is 1.19 bits per heavy atom. The first-order valence-corrected chi connectivity index (χ1v) is 8.20. The van der Waals surface area contributed by atoms with E-state index in [1.807, 2.05) is 12.4 Å². The molecule has 0 aromatic carbocycles. The van der Waals surface area contributed by atoms with Gasteiger partial charge in [-0.2, -0.15) is 0 Å². The molecule has 3 heterocycles. The average Bonchev–Trinajstić information content (AvgIpc) is 3.03. The van der Waals surface area contributed by atoms with Crippen LogP contribution in [0.5, 0.6) is 0 Å². The summed E-state index contributed by atoms with van der Waals surface area (Å²) in [4.78, 5) is 14.1. The average molecular weight is 289 g/mol. The van der Waals surface area contributed by atoms with E-state index in [1.165, 1.54) is 38.2 Å². The van der Waals surface area contributed by atoms with Crippen molar-refractivity contribution in [2.45, 2.75) is 38.8 Å². The van der Waals surface area contributed by atoms with Crippen molar-refractivity contribution in [2.24, 2.45) is 0 Å². The Balaban J connectivity index is 1.48. The molecule has 21 heavy (non-hydrogen) atoms. The van der Waals surface area contributed by atoms with Crippen molar-refractivity contribution in [3.8, 4) is 0 Å². The van der Waals surface area contributed by atoms with E-state index in [9.17, 15) is 0 Å². The maximum atomic E-state index is 4.47. The van der Waals surface area contributed by atoms with Gasteiger partial charge in [0.15, 0.2) is 0 Å². The quantitative estimate of drug-likeness (QED) is 0.898. The van der Waals surface area contributed by atoms with Gasteiger partial charge in [0.2, 0.25) is 0 Å². The van der Waals surface area contributed by atoms with Crippen molar-refractivity contribution in [3.63, 3.8) is 0 Å². The minimum Gasteiger partial charge on any atom is -0.315 e. The van der Waals surface area contributed by atoms with Crippen molar-refractivity contribution >= 4 is 0 Å². The Kier molecular flexibility index (Phi) is 4.83. The van der Waals surface area contributed by atoms with Crippen LogP contribution in [0.1, 0.15) is 37.6 Å². The van der Waals surface area contributed by atoms with Crippen molar-refractivity contribution < 1.29 is 0 Å². The molecule has 0 bridgehead atoms. The molecule has 1 atom stereocenters. The first-order chi connectivity index (χ1) is 10.2. The van der Waals surface area contributed by atoms with E-state index in [2.05, 4.69) is 38.9 Å². The van der Waals surface area contributed by atoms with Crippen LogP contribution in [0.3, 0.4) is 0 Å². The van der Waals surface area contributed by atoms with Crippen molar-refractivity contribution in [3.05, 3.63) is 23.8 Å². The molecule has 1 aromatic rings. The molecule has 0 unspecified atom stereocenters. The summed E-state index contributed by atoms with van der Waals surface area (Å²) in [5, 5.41) is 3.46. The fourth-order valence-corrected chi connectivity index (χ4v) is 3.24. The first-order valence-electron chi connectivity index (χ1n) is 8.20. The molecule has 5 heteroatoms. The smallest absolute Gasteiger partial charge is 0.130 e. The molecule has 1 N–H and O–H groups in total. The fourth-order valence-electron chi connectivity index (χ4n) is 3.24. The van der Waals surface area contributed by atoms with E-state index in [1.54, 1.807) is 0 Å². The number of hydrogen-bond donors (Lipinski definition) is 1. The van der Waals surface area contributed by atoms with Gasteiger partial charge in [-0.05, 0) is 13.0 Å². The Bertz CT molecular complexity index is 430. The standard InChI is InChI=1S/C16H27N5/c1-13(2)16-18-9-14(10-19-16)12-20-5-7-21(8-6-20)15-3-4-17-11-15/h9-10,13,15,17H,3-8,11-12H2,1-2H3/t15-/m1/s1. The van der Waals surface area contributed by atoms with E-state index < -0.39 is 0 Å². The molecule has 3 rings (SSSR count). The van der Waals surface area contributed by atoms with Crippen molar-refractivity contribution in [1.29, 1.82) is 0 Å². The van der Waals surface area contributed by atoms with Gasteiger partial charge in [0.1, 0.15) is 5.82 Å². The van der Waals surface area contributed by atoms with E-state index in [0.717, 1.165) is 31.5 Å². The second kappa shape index (κ2) is 6.81. The van der Waals surface area contributed by atoms with Crippen LogP contribution in [-0.4, -0.2) is 65.1 Å². The third kappa shape index (κ3) is 3.78. The summed E-state index contributed by atoms with van der Waals surface area (Å²) in [7, 11) is 0. The lowest BCUT2D eigenvalue weighted by molar-refractivity contribution is 0.0980. The van der Waals surface area contributed by atoms with Gasteiger partial charge in [-0.3, -0.25) is 9.80 Å². The molecule has 0 amide bonds. The van der Waals surface area contributed by atoms with Crippen molar-refractivity contribution in [1.82, 2.24) is 25.1 Å². The zero-order chi connectivity index (χ0) is 14.7. The number of aromatic nitrogens is 2. The molecule has 2 aliphatic heterocycles. The fraction of sp³-hybridized carbons (Fsp3) is 0.750. The summed E-state index contributed by atoms with van der Waals surface area (Å²) >= 11 is 0. The van der Waals surface area contributed by atoms with Crippen LogP contribution in [0.2, 0.25) is 0 Å². The highest BCUT2D eigenvalue weighted by Crippen LogP contribution is 2.14. The summed E-state index contributed by atoms with van der Waals surface area (Å²) < 4.78 is 0. The molecule has 2 fully saturated rings. The first kappa shape index (κ1) is 14.9. The highest BCUT2D eigenvalue weighted by atomic mass is 15.3. The molecule has 1 aromatic heterocycles. The van der Waals surface area contributed by atoms with Crippen LogP contribution >= 0.6 is 0 Å². The van der Waals surface area contributed by atoms with Crippen molar-refractivity contribution in [2.75, 3.05) is 39.3 Å². The minimum atomic E-state index is 0.405. The van der Waals surface area contributed by atoms with Gasteiger partial charge >= 0.3 is 0 Å². The molecule has 2 aliphatic rings. The molecule has 2 saturated heterocycles. The SMILES string of the molecule is CC(C)c1ncc(CN2CCN([C@@H]3CCNC3)CC2)cn1. The Morgan fingerprint density at radius 2 is 1.90 bits per heavy atom. The number of rotatable bonds is 4. The van der Waals surface area contributed by atoms with Gasteiger partial charge in [-0.1, -0.05) is 13.8 Å². The Labute approximate surface area is 127 Å². The molecule has 116 valence electrons. The molecule has 0 spiro atoms. The lowest BCUT2D eigenvalue weighted by Gasteiger charge is -2.37. The lowest BCUT2D eigenvalue weighted by Crippen LogP contribution is -2.50. The maximum Gasteiger partial charge on any atom is 0.130 e. The topological polar surface area (TPSA) is 44.3 Å². The number of piperazine rings is 1. The van der Waals surface area contributed by atoms with Crippen LogP contribution < -0.4 is 5.32 Å². The predicted octanol–water partition coefficient (Wildman–Crippen LogP) is 1.08. The van der Waals surface area contributed by atoms with Crippen LogP contribution in [0.4, 0.5) is 0 Å².